The maximum Gasteiger partial charge on any atom is 0.336 e. The molecule has 2 aromatic heterocycles. The van der Waals surface area contributed by atoms with Crippen LogP contribution in [0.25, 0.3) is 22.1 Å². The lowest BCUT2D eigenvalue weighted by atomic mass is 10.00. The van der Waals surface area contributed by atoms with Gasteiger partial charge in [0.15, 0.2) is 6.10 Å². The van der Waals surface area contributed by atoms with E-state index in [9.17, 15) is 9.59 Å². The highest BCUT2D eigenvalue weighted by Gasteiger charge is 2.18. The van der Waals surface area contributed by atoms with Gasteiger partial charge < -0.3 is 14.5 Å². The van der Waals surface area contributed by atoms with Crippen molar-refractivity contribution in [3.8, 4) is 16.9 Å². The predicted octanol–water partition coefficient (Wildman–Crippen LogP) is 4.25. The van der Waals surface area contributed by atoms with Crippen LogP contribution in [0.3, 0.4) is 0 Å². The Morgan fingerprint density at radius 1 is 1.10 bits per heavy atom. The zero-order valence-electron chi connectivity index (χ0n) is 17.3. The fourth-order valence-electron chi connectivity index (χ4n) is 3.40. The van der Waals surface area contributed by atoms with E-state index in [4.69, 9.17) is 9.15 Å². The number of nitrogens with one attached hydrogen (secondary N) is 1. The lowest BCUT2D eigenvalue weighted by molar-refractivity contribution is -0.127. The Kier molecular flexibility index (Phi) is 5.80. The van der Waals surface area contributed by atoms with Gasteiger partial charge in [-0.2, -0.15) is 0 Å². The van der Waals surface area contributed by atoms with Gasteiger partial charge in [0.1, 0.15) is 11.3 Å². The third-order valence-corrected chi connectivity index (χ3v) is 5.09. The molecule has 6 nitrogen and oxygen atoms in total. The van der Waals surface area contributed by atoms with Gasteiger partial charge in [-0.1, -0.05) is 30.3 Å². The molecule has 0 fully saturated rings. The van der Waals surface area contributed by atoms with E-state index in [1.165, 1.54) is 6.07 Å². The van der Waals surface area contributed by atoms with Gasteiger partial charge in [-0.25, -0.2) is 4.79 Å². The van der Waals surface area contributed by atoms with E-state index < -0.39 is 11.7 Å². The molecule has 156 valence electrons. The van der Waals surface area contributed by atoms with Gasteiger partial charge in [0, 0.05) is 36.0 Å². The molecule has 0 aliphatic heterocycles. The number of fused-ring (bicyclic) bond motifs is 1. The maximum absolute atomic E-state index is 12.5. The average Bonchev–Trinajstić information content (AvgIpc) is 2.80. The minimum atomic E-state index is -0.720. The second-order valence-corrected chi connectivity index (χ2v) is 7.24. The number of pyridine rings is 1. The van der Waals surface area contributed by atoms with Crippen LogP contribution in [0.2, 0.25) is 0 Å². The molecule has 0 saturated heterocycles. The molecule has 0 bridgehead atoms. The predicted molar refractivity (Wildman–Crippen MR) is 119 cm³/mol. The zero-order chi connectivity index (χ0) is 21.8. The summed E-state index contributed by atoms with van der Waals surface area (Å²) in [7, 11) is 0. The van der Waals surface area contributed by atoms with Crippen molar-refractivity contribution < 1.29 is 13.9 Å². The van der Waals surface area contributed by atoms with Gasteiger partial charge in [0.05, 0.1) is 0 Å². The lowest BCUT2D eigenvalue weighted by Gasteiger charge is -2.17. The van der Waals surface area contributed by atoms with Crippen molar-refractivity contribution in [2.75, 3.05) is 0 Å². The van der Waals surface area contributed by atoms with E-state index in [0.29, 0.717) is 23.4 Å². The van der Waals surface area contributed by atoms with E-state index in [-0.39, 0.29) is 5.91 Å². The smallest absolute Gasteiger partial charge is 0.336 e. The van der Waals surface area contributed by atoms with Crippen molar-refractivity contribution >= 4 is 16.9 Å². The molecule has 4 rings (SSSR count). The Morgan fingerprint density at radius 2 is 1.84 bits per heavy atom. The number of nitrogens with zero attached hydrogens (tertiary/aromatic N) is 1. The van der Waals surface area contributed by atoms with E-state index >= 15 is 0 Å². The number of benzene rings is 2. The van der Waals surface area contributed by atoms with E-state index in [1.807, 2.05) is 55.5 Å². The van der Waals surface area contributed by atoms with E-state index in [2.05, 4.69) is 10.3 Å². The lowest BCUT2D eigenvalue weighted by Crippen LogP contribution is -2.36. The van der Waals surface area contributed by atoms with Gasteiger partial charge in [0.25, 0.3) is 5.91 Å². The molecule has 0 spiro atoms. The minimum absolute atomic E-state index is 0.240. The number of ether oxygens (including phenoxy) is 1. The van der Waals surface area contributed by atoms with E-state index in [0.717, 1.165) is 22.1 Å². The van der Waals surface area contributed by atoms with Gasteiger partial charge in [-0.15, -0.1) is 0 Å². The molecule has 1 amide bonds. The molecule has 0 radical (unpaired) electrons. The molecule has 0 aliphatic rings. The number of carbonyl (C=O) groups excluding carboxylic acids is 1. The summed E-state index contributed by atoms with van der Waals surface area (Å²) in [5, 5.41) is 3.66. The summed E-state index contributed by atoms with van der Waals surface area (Å²) < 4.78 is 11.4. The summed E-state index contributed by atoms with van der Waals surface area (Å²) in [5.41, 5.74) is 3.36. The molecule has 0 unspecified atom stereocenters. The van der Waals surface area contributed by atoms with Gasteiger partial charge in [-0.05, 0) is 54.8 Å². The maximum atomic E-state index is 12.5. The molecular formula is C25H22N2O4. The van der Waals surface area contributed by atoms with Crippen molar-refractivity contribution in [3.05, 3.63) is 94.6 Å². The van der Waals surface area contributed by atoms with Gasteiger partial charge >= 0.3 is 5.63 Å². The topological polar surface area (TPSA) is 81.4 Å². The monoisotopic (exact) mass is 414 g/mol. The van der Waals surface area contributed by atoms with Crippen LogP contribution in [-0.2, 0) is 11.3 Å². The van der Waals surface area contributed by atoms with Crippen LogP contribution in [0.1, 0.15) is 18.1 Å². The normalized spacial score (nSPS) is 11.8. The first-order valence-corrected chi connectivity index (χ1v) is 9.99. The molecule has 1 N–H and O–H groups in total. The highest BCUT2D eigenvalue weighted by atomic mass is 16.5. The second-order valence-electron chi connectivity index (χ2n) is 7.24. The van der Waals surface area contributed by atoms with E-state index in [1.54, 1.807) is 25.4 Å². The number of amides is 1. The SMILES string of the molecule is Cc1c(O[C@H](C)C(=O)NCc2ccncc2)ccc2c(-c3ccccc3)cc(=O)oc12. The molecule has 31 heavy (non-hydrogen) atoms. The standard InChI is InChI=1S/C25H22N2O4/c1-16-22(30-17(2)25(29)27-15-18-10-12-26-13-11-18)9-8-20-21(14-23(28)31-24(16)20)19-6-4-3-5-7-19/h3-14,17H,15H2,1-2H3,(H,27,29)/t17-/m1/s1. The summed E-state index contributed by atoms with van der Waals surface area (Å²) in [4.78, 5) is 28.6. The van der Waals surface area contributed by atoms with Gasteiger partial charge in [0.2, 0.25) is 0 Å². The molecule has 2 heterocycles. The number of rotatable bonds is 6. The number of hydrogen-bond acceptors (Lipinski definition) is 5. The average molecular weight is 414 g/mol. The third kappa shape index (κ3) is 4.48. The zero-order valence-corrected chi connectivity index (χ0v) is 17.3. The summed E-state index contributed by atoms with van der Waals surface area (Å²) >= 11 is 0. The number of aromatic nitrogens is 1. The van der Waals surface area contributed by atoms with Gasteiger partial charge in [-0.3, -0.25) is 9.78 Å². The highest BCUT2D eigenvalue weighted by molar-refractivity contribution is 5.95. The molecule has 0 saturated carbocycles. The Bertz CT molecular complexity index is 1270. The molecule has 1 atom stereocenters. The van der Waals surface area contributed by atoms with Crippen LogP contribution in [0, 0.1) is 6.92 Å². The first kappa shape index (κ1) is 20.3. The van der Waals surface area contributed by atoms with Crippen LogP contribution in [0.5, 0.6) is 5.75 Å². The first-order chi connectivity index (χ1) is 15.0. The molecule has 6 heteroatoms. The largest absolute Gasteiger partial charge is 0.480 e. The fraction of sp³-hybridized carbons (Fsp3) is 0.160. The van der Waals surface area contributed by atoms with Crippen molar-refractivity contribution in [2.45, 2.75) is 26.5 Å². The molecular weight excluding hydrogens is 392 g/mol. The quantitative estimate of drug-likeness (QED) is 0.477. The van der Waals surface area contributed by atoms with Crippen molar-refractivity contribution in [3.63, 3.8) is 0 Å². The third-order valence-electron chi connectivity index (χ3n) is 5.09. The molecule has 2 aromatic carbocycles. The number of carbonyl (C=O) groups is 1. The van der Waals surface area contributed by atoms with Crippen molar-refractivity contribution in [1.29, 1.82) is 0 Å². The number of aryl methyl sites for hydroxylation is 1. The number of hydrogen-bond donors (Lipinski definition) is 1. The second kappa shape index (κ2) is 8.83. The van der Waals surface area contributed by atoms with Crippen LogP contribution >= 0.6 is 0 Å². The van der Waals surface area contributed by atoms with Crippen LogP contribution in [0.4, 0.5) is 0 Å². The highest BCUT2D eigenvalue weighted by Crippen LogP contribution is 2.33. The van der Waals surface area contributed by atoms with Crippen molar-refractivity contribution in [2.24, 2.45) is 0 Å². The Balaban J connectivity index is 1.58. The summed E-state index contributed by atoms with van der Waals surface area (Å²) in [6, 6.07) is 18.5. The first-order valence-electron chi connectivity index (χ1n) is 9.99. The van der Waals surface area contributed by atoms with Crippen LogP contribution in [-0.4, -0.2) is 17.0 Å². The molecule has 0 aliphatic carbocycles. The van der Waals surface area contributed by atoms with Crippen LogP contribution < -0.4 is 15.7 Å². The van der Waals surface area contributed by atoms with Crippen LogP contribution in [0.15, 0.2) is 82.3 Å². The Hall–Kier alpha value is -3.93. The minimum Gasteiger partial charge on any atom is -0.480 e. The molecule has 4 aromatic rings. The Labute approximate surface area is 179 Å². The summed E-state index contributed by atoms with van der Waals surface area (Å²) in [6.45, 7) is 3.89. The fourth-order valence-corrected chi connectivity index (χ4v) is 3.40. The summed E-state index contributed by atoms with van der Waals surface area (Å²) in [5.74, 6) is 0.253. The van der Waals surface area contributed by atoms with Crippen molar-refractivity contribution in [1.82, 2.24) is 10.3 Å². The summed E-state index contributed by atoms with van der Waals surface area (Å²) in [6.07, 6.45) is 2.64. The Morgan fingerprint density at radius 3 is 2.58 bits per heavy atom.